The lowest BCUT2D eigenvalue weighted by Crippen LogP contribution is -2.62. The Morgan fingerprint density at radius 3 is 1.52 bits per heavy atom. The fraction of sp³-hybridized carbons (Fsp3) is 0.365. The van der Waals surface area contributed by atoms with Gasteiger partial charge in [0.2, 0.25) is 0 Å². The minimum Gasteiger partial charge on any atom is -0.311 e. The summed E-state index contributed by atoms with van der Waals surface area (Å²) < 4.78 is 0. The Balaban J connectivity index is 1.33. The molecule has 0 unspecified atom stereocenters. The standard InChI is InChI=1S/C63H72BN3/c1-39-30-55-57-56(31-39)67(59-42(4)34-45(35-43(59)5)61(9,10)11)54-38-50-49(62(12,13)28-29-63(50,14)15)37-52(54)64(57)51-27-26-48(65(46-22-18-16-19-23-46)47-24-20-17-21-25-47)36-53(51)66(55)58-40(2)32-44(33-41(58)3)60(6,7)8/h16,18-20,22-27,30-38H,17,21,28-29H2,1-15H3. The molecule has 0 saturated heterocycles. The van der Waals surface area contributed by atoms with Gasteiger partial charge in [-0.15, -0.1) is 0 Å². The van der Waals surface area contributed by atoms with Gasteiger partial charge in [-0.25, -0.2) is 0 Å². The van der Waals surface area contributed by atoms with Gasteiger partial charge in [-0.3, -0.25) is 0 Å². The van der Waals surface area contributed by atoms with Crippen molar-refractivity contribution in [3.63, 3.8) is 0 Å². The number of aryl methyl sites for hydroxylation is 5. The molecule has 10 rings (SSSR count). The van der Waals surface area contributed by atoms with Crippen molar-refractivity contribution in [2.45, 2.75) is 151 Å². The monoisotopic (exact) mass is 882 g/mol. The Hall–Kier alpha value is -5.74. The van der Waals surface area contributed by atoms with Crippen LogP contribution in [0.15, 0.2) is 121 Å². The summed E-state index contributed by atoms with van der Waals surface area (Å²) in [4.78, 5) is 7.84. The van der Waals surface area contributed by atoms with E-state index in [1.807, 2.05) is 0 Å². The van der Waals surface area contributed by atoms with Crippen LogP contribution in [0.2, 0.25) is 0 Å². The Morgan fingerprint density at radius 1 is 0.522 bits per heavy atom. The first kappa shape index (κ1) is 45.1. The molecule has 0 fully saturated rings. The van der Waals surface area contributed by atoms with E-state index in [1.54, 1.807) is 0 Å². The minimum absolute atomic E-state index is 0.0196. The third kappa shape index (κ3) is 7.40. The van der Waals surface area contributed by atoms with Crippen LogP contribution < -0.4 is 31.1 Å². The summed E-state index contributed by atoms with van der Waals surface area (Å²) in [5, 5.41) is 0. The van der Waals surface area contributed by atoms with Gasteiger partial charge in [-0.1, -0.05) is 136 Å². The van der Waals surface area contributed by atoms with Crippen LogP contribution in [0.25, 0.3) is 0 Å². The molecule has 0 N–H and O–H groups in total. The van der Waals surface area contributed by atoms with Gasteiger partial charge < -0.3 is 14.7 Å². The third-order valence-electron chi connectivity index (χ3n) is 15.8. The van der Waals surface area contributed by atoms with Crippen LogP contribution in [0, 0.1) is 34.6 Å². The highest BCUT2D eigenvalue weighted by Crippen LogP contribution is 2.52. The molecule has 0 spiro atoms. The predicted molar refractivity (Wildman–Crippen MR) is 292 cm³/mol. The molecule has 0 saturated carbocycles. The molecule has 6 aromatic carbocycles. The molecule has 2 heterocycles. The number of nitrogens with zero attached hydrogens (tertiary/aromatic N) is 3. The van der Waals surface area contributed by atoms with Gasteiger partial charge in [0.15, 0.2) is 0 Å². The van der Waals surface area contributed by atoms with Gasteiger partial charge >= 0.3 is 0 Å². The van der Waals surface area contributed by atoms with Crippen LogP contribution in [0.3, 0.4) is 0 Å². The van der Waals surface area contributed by atoms with Crippen molar-refractivity contribution < 1.29 is 0 Å². The first-order valence-electron chi connectivity index (χ1n) is 25.1. The quantitative estimate of drug-likeness (QED) is 0.160. The number of rotatable bonds is 5. The van der Waals surface area contributed by atoms with Crippen LogP contribution in [-0.2, 0) is 21.7 Å². The Morgan fingerprint density at radius 2 is 1.03 bits per heavy atom. The molecule has 342 valence electrons. The molecule has 67 heavy (non-hydrogen) atoms. The van der Waals surface area contributed by atoms with Gasteiger partial charge in [0.05, 0.1) is 11.4 Å². The molecule has 0 bridgehead atoms. The topological polar surface area (TPSA) is 9.72 Å². The zero-order valence-electron chi connectivity index (χ0n) is 43.2. The molecule has 4 aliphatic rings. The van der Waals surface area contributed by atoms with E-state index in [4.69, 9.17) is 0 Å². The van der Waals surface area contributed by atoms with Crippen molar-refractivity contribution in [1.82, 2.24) is 0 Å². The zero-order valence-corrected chi connectivity index (χ0v) is 43.2. The number of anilines is 8. The summed E-state index contributed by atoms with van der Waals surface area (Å²) in [6.07, 6.45) is 11.5. The van der Waals surface area contributed by atoms with Gasteiger partial charge in [0.25, 0.3) is 6.71 Å². The second-order valence-electron chi connectivity index (χ2n) is 24.0. The normalized spacial score (nSPS) is 16.8. The van der Waals surface area contributed by atoms with E-state index in [0.29, 0.717) is 0 Å². The molecule has 4 heteroatoms. The molecule has 0 radical (unpaired) electrons. The van der Waals surface area contributed by atoms with Crippen LogP contribution in [0.5, 0.6) is 0 Å². The highest BCUT2D eigenvalue weighted by Gasteiger charge is 2.47. The Bertz CT molecular complexity index is 3010. The highest BCUT2D eigenvalue weighted by atomic mass is 15.2. The molecule has 0 atom stereocenters. The number of hydrogen-bond donors (Lipinski definition) is 0. The highest BCUT2D eigenvalue weighted by molar-refractivity contribution is 7.00. The lowest BCUT2D eigenvalue weighted by molar-refractivity contribution is 0.332. The van der Waals surface area contributed by atoms with E-state index in [0.717, 1.165) is 12.8 Å². The molecule has 3 nitrogen and oxygen atoms in total. The molecule has 6 aromatic rings. The lowest BCUT2D eigenvalue weighted by atomic mass is 9.33. The molecular formula is C63H72BN3. The van der Waals surface area contributed by atoms with E-state index in [1.165, 1.54) is 130 Å². The predicted octanol–water partition coefficient (Wildman–Crippen LogP) is 15.6. The summed E-state index contributed by atoms with van der Waals surface area (Å²) in [6.45, 7) is 35.7. The van der Waals surface area contributed by atoms with Gasteiger partial charge in [0, 0.05) is 39.8 Å². The largest absolute Gasteiger partial charge is 0.311 e. The van der Waals surface area contributed by atoms with Crippen molar-refractivity contribution in [1.29, 1.82) is 0 Å². The maximum absolute atomic E-state index is 2.70. The summed E-state index contributed by atoms with van der Waals surface area (Å²) in [5.41, 5.74) is 27.8. The van der Waals surface area contributed by atoms with Crippen molar-refractivity contribution in [2.75, 3.05) is 14.7 Å². The number of fused-ring (bicyclic) bond motifs is 5. The zero-order chi connectivity index (χ0) is 47.7. The number of para-hydroxylation sites is 1. The Kier molecular flexibility index (Phi) is 10.5. The lowest BCUT2D eigenvalue weighted by Gasteiger charge is -2.48. The SMILES string of the molecule is Cc1cc2c3c(c1)N(c1c(C)cc(C(C)(C)C)cc1C)c1cc4c(cc1B3c1ccc(N(C3=CCCC=C3)c3ccccc3)cc1N2c1c(C)cc(C(C)(C)C)cc1C)C(C)(C)CCC4(C)C. The van der Waals surface area contributed by atoms with E-state index in [2.05, 4.69) is 234 Å². The molecule has 2 aliphatic heterocycles. The Labute approximate surface area is 403 Å². The van der Waals surface area contributed by atoms with Gasteiger partial charge in [-0.2, -0.15) is 0 Å². The maximum atomic E-state index is 2.70. The first-order chi connectivity index (χ1) is 31.5. The van der Waals surface area contributed by atoms with Crippen molar-refractivity contribution in [3.05, 3.63) is 171 Å². The van der Waals surface area contributed by atoms with E-state index >= 15 is 0 Å². The van der Waals surface area contributed by atoms with Crippen molar-refractivity contribution in [2.24, 2.45) is 0 Å². The van der Waals surface area contributed by atoms with Gasteiger partial charge in [0.1, 0.15) is 0 Å². The maximum Gasteiger partial charge on any atom is 0.252 e. The molecule has 0 aromatic heterocycles. The third-order valence-corrected chi connectivity index (χ3v) is 15.8. The first-order valence-corrected chi connectivity index (χ1v) is 25.1. The van der Waals surface area contributed by atoms with Crippen LogP contribution in [0.4, 0.5) is 45.5 Å². The van der Waals surface area contributed by atoms with Gasteiger partial charge in [-0.05, 0) is 197 Å². The van der Waals surface area contributed by atoms with Crippen molar-refractivity contribution >= 4 is 68.6 Å². The number of hydrogen-bond acceptors (Lipinski definition) is 3. The minimum atomic E-state index is 0.0196. The van der Waals surface area contributed by atoms with E-state index in [-0.39, 0.29) is 28.4 Å². The number of allylic oxidation sites excluding steroid dienone is 3. The second-order valence-corrected chi connectivity index (χ2v) is 24.0. The summed E-state index contributed by atoms with van der Waals surface area (Å²) in [6, 6.07) is 38.5. The van der Waals surface area contributed by atoms with Crippen LogP contribution in [0.1, 0.15) is 145 Å². The number of benzene rings is 6. The van der Waals surface area contributed by atoms with Crippen LogP contribution >= 0.6 is 0 Å². The van der Waals surface area contributed by atoms with Crippen LogP contribution in [-0.4, -0.2) is 6.71 Å². The second kappa shape index (κ2) is 15.7. The summed E-state index contributed by atoms with van der Waals surface area (Å²) >= 11 is 0. The molecule has 0 amide bonds. The fourth-order valence-corrected chi connectivity index (χ4v) is 12.1. The summed E-state index contributed by atoms with van der Waals surface area (Å²) in [7, 11) is 0. The summed E-state index contributed by atoms with van der Waals surface area (Å²) in [5.74, 6) is 0. The van der Waals surface area contributed by atoms with E-state index < -0.39 is 0 Å². The average Bonchev–Trinajstić information content (AvgIpc) is 3.26. The smallest absolute Gasteiger partial charge is 0.252 e. The molecular weight excluding hydrogens is 810 g/mol. The average molecular weight is 882 g/mol. The van der Waals surface area contributed by atoms with E-state index in [9.17, 15) is 0 Å². The van der Waals surface area contributed by atoms with Crippen molar-refractivity contribution in [3.8, 4) is 0 Å². The molecule has 2 aliphatic carbocycles. The fourth-order valence-electron chi connectivity index (χ4n) is 12.1.